The number of carbonyl (C=O) groups is 1. The first kappa shape index (κ1) is 31.7. The minimum Gasteiger partial charge on any atom is -0.350 e. The molecule has 1 aliphatic heterocycles. The fraction of sp³-hybridized carbons (Fsp3) is 0.333. The Morgan fingerprint density at radius 1 is 0.957 bits per heavy atom. The first-order valence-electron chi connectivity index (χ1n) is 16.0. The lowest BCUT2D eigenvalue weighted by molar-refractivity contribution is 0.0921. The van der Waals surface area contributed by atoms with E-state index in [1.807, 2.05) is 77.4 Å². The molecule has 46 heavy (non-hydrogen) atoms. The Morgan fingerprint density at radius 2 is 1.70 bits per heavy atom. The Hall–Kier alpha value is -4.25. The molecule has 9 nitrogen and oxygen atoms in total. The van der Waals surface area contributed by atoms with E-state index in [2.05, 4.69) is 28.8 Å². The molecule has 0 spiro atoms. The van der Waals surface area contributed by atoms with Crippen molar-refractivity contribution in [3.63, 3.8) is 0 Å². The molecule has 0 aliphatic carbocycles. The lowest BCUT2D eigenvalue weighted by Gasteiger charge is -2.34. The number of benzene rings is 3. The highest BCUT2D eigenvalue weighted by atomic mass is 32.2. The maximum atomic E-state index is 13.8. The van der Waals surface area contributed by atoms with Crippen molar-refractivity contribution in [2.75, 3.05) is 24.4 Å². The van der Waals surface area contributed by atoms with Crippen LogP contribution in [-0.4, -0.2) is 54.5 Å². The predicted octanol–water partition coefficient (Wildman–Crippen LogP) is 5.49. The number of carbonyl (C=O) groups excluding carboxylic acids is 1. The van der Waals surface area contributed by atoms with Crippen LogP contribution < -0.4 is 15.8 Å². The van der Waals surface area contributed by atoms with Gasteiger partial charge in [0.05, 0.1) is 18.0 Å². The fourth-order valence-corrected chi connectivity index (χ4v) is 7.57. The molecule has 240 valence electrons. The van der Waals surface area contributed by atoms with Gasteiger partial charge in [0.2, 0.25) is 10.0 Å². The van der Waals surface area contributed by atoms with Crippen molar-refractivity contribution in [1.82, 2.24) is 19.8 Å². The number of piperidine rings is 1. The maximum absolute atomic E-state index is 13.8. The molecule has 1 amide bonds. The van der Waals surface area contributed by atoms with Gasteiger partial charge in [-0.25, -0.2) is 13.4 Å². The van der Waals surface area contributed by atoms with Crippen LogP contribution in [-0.2, 0) is 28.9 Å². The average molecular weight is 639 g/mol. The number of pyridine rings is 1. The van der Waals surface area contributed by atoms with Crippen molar-refractivity contribution >= 4 is 43.4 Å². The molecule has 1 fully saturated rings. The Labute approximate surface area is 270 Å². The smallest absolute Gasteiger partial charge is 0.268 e. The highest BCUT2D eigenvalue weighted by Crippen LogP contribution is 2.29. The van der Waals surface area contributed by atoms with Gasteiger partial charge in [0.15, 0.2) is 0 Å². The van der Waals surface area contributed by atoms with E-state index in [1.54, 1.807) is 12.1 Å². The van der Waals surface area contributed by atoms with Crippen molar-refractivity contribution in [1.29, 1.82) is 0 Å². The molecule has 10 heteroatoms. The van der Waals surface area contributed by atoms with E-state index >= 15 is 0 Å². The molecule has 0 unspecified atom stereocenters. The van der Waals surface area contributed by atoms with Crippen molar-refractivity contribution in [3.8, 4) is 0 Å². The largest absolute Gasteiger partial charge is 0.350 e. The minimum atomic E-state index is -3.68. The molecule has 1 saturated heterocycles. The average Bonchev–Trinajstić information content (AvgIpc) is 3.41. The molecule has 2 aromatic heterocycles. The van der Waals surface area contributed by atoms with Crippen molar-refractivity contribution in [3.05, 3.63) is 107 Å². The van der Waals surface area contributed by atoms with E-state index in [1.165, 1.54) is 0 Å². The minimum absolute atomic E-state index is 0.134. The van der Waals surface area contributed by atoms with Crippen LogP contribution in [0.5, 0.6) is 0 Å². The number of amides is 1. The van der Waals surface area contributed by atoms with Crippen molar-refractivity contribution < 1.29 is 13.2 Å². The fourth-order valence-electron chi connectivity index (χ4n) is 6.39. The monoisotopic (exact) mass is 638 g/mol. The molecule has 1 aliphatic rings. The SMILES string of the molecule is CC(C)N1CCC(CNC(=O)c2cc3ccc(CN)nc3n2Cc2cc(NS(=O)(=O)Cc3ccccc3)cc3ccccc23)CC1. The summed E-state index contributed by atoms with van der Waals surface area (Å²) in [5.74, 6) is 0.149. The number of hydrogen-bond acceptors (Lipinski definition) is 6. The van der Waals surface area contributed by atoms with Gasteiger partial charge >= 0.3 is 0 Å². The Kier molecular flexibility index (Phi) is 9.39. The van der Waals surface area contributed by atoms with Crippen LogP contribution in [0.2, 0.25) is 0 Å². The Bertz CT molecular complexity index is 1950. The summed E-state index contributed by atoms with van der Waals surface area (Å²) in [4.78, 5) is 21.1. The summed E-state index contributed by atoms with van der Waals surface area (Å²) in [6.07, 6.45) is 2.11. The lowest BCUT2D eigenvalue weighted by Crippen LogP contribution is -2.41. The number of anilines is 1. The first-order chi connectivity index (χ1) is 22.2. The number of nitrogens with zero attached hydrogens (tertiary/aromatic N) is 3. The molecule has 0 bridgehead atoms. The second-order valence-electron chi connectivity index (χ2n) is 12.5. The van der Waals surface area contributed by atoms with Crippen LogP contribution >= 0.6 is 0 Å². The lowest BCUT2D eigenvalue weighted by atomic mass is 9.96. The van der Waals surface area contributed by atoms with Gasteiger partial charge in [-0.1, -0.05) is 54.6 Å². The third-order valence-electron chi connectivity index (χ3n) is 8.92. The van der Waals surface area contributed by atoms with Crippen LogP contribution in [0.25, 0.3) is 21.8 Å². The van der Waals surface area contributed by atoms with E-state index in [-0.39, 0.29) is 18.2 Å². The van der Waals surface area contributed by atoms with Crippen LogP contribution in [0.3, 0.4) is 0 Å². The molecular formula is C36H42N6O3S. The highest BCUT2D eigenvalue weighted by Gasteiger charge is 2.23. The van der Waals surface area contributed by atoms with Gasteiger partial charge in [0.1, 0.15) is 11.3 Å². The number of rotatable bonds is 11. The molecule has 3 heterocycles. The van der Waals surface area contributed by atoms with E-state index in [4.69, 9.17) is 10.7 Å². The standard InChI is InChI=1S/C36H42N6O3S/c1-25(2)41-16-14-26(15-17-41)22-38-36(43)34-20-29-12-13-31(21-37)39-35(29)42(34)23-30-19-32(18-28-10-6-7-11-33(28)30)40-46(44,45)24-27-8-4-3-5-9-27/h3-13,18-20,25-26,40H,14-17,21-24,37H2,1-2H3,(H,38,43). The molecule has 4 N–H and O–H groups in total. The van der Waals surface area contributed by atoms with Gasteiger partial charge in [0, 0.05) is 30.2 Å². The van der Waals surface area contributed by atoms with E-state index in [9.17, 15) is 13.2 Å². The summed E-state index contributed by atoms with van der Waals surface area (Å²) in [5.41, 5.74) is 9.89. The Balaban J connectivity index is 1.31. The topological polar surface area (TPSA) is 122 Å². The normalized spacial score (nSPS) is 14.7. The van der Waals surface area contributed by atoms with E-state index in [0.717, 1.165) is 53.3 Å². The molecule has 0 radical (unpaired) electrons. The van der Waals surface area contributed by atoms with Crippen molar-refractivity contribution in [2.45, 2.75) is 51.6 Å². The van der Waals surface area contributed by atoms with E-state index < -0.39 is 10.0 Å². The number of aromatic nitrogens is 2. The summed E-state index contributed by atoms with van der Waals surface area (Å²) in [5, 5.41) is 5.91. The van der Waals surface area contributed by atoms with Gasteiger partial charge in [-0.05, 0) is 97.9 Å². The highest BCUT2D eigenvalue weighted by molar-refractivity contribution is 7.91. The van der Waals surface area contributed by atoms with Gasteiger partial charge in [0.25, 0.3) is 5.91 Å². The van der Waals surface area contributed by atoms with Crippen LogP contribution in [0, 0.1) is 5.92 Å². The van der Waals surface area contributed by atoms with Crippen molar-refractivity contribution in [2.24, 2.45) is 11.7 Å². The van der Waals surface area contributed by atoms with Crippen LogP contribution in [0.15, 0.2) is 84.9 Å². The summed E-state index contributed by atoms with van der Waals surface area (Å²) < 4.78 is 31.1. The molecular weight excluding hydrogens is 597 g/mol. The molecule has 5 aromatic rings. The zero-order chi connectivity index (χ0) is 32.3. The second-order valence-corrected chi connectivity index (χ2v) is 14.2. The van der Waals surface area contributed by atoms with Gasteiger partial charge in [-0.15, -0.1) is 0 Å². The number of sulfonamides is 1. The van der Waals surface area contributed by atoms with Gasteiger partial charge in [-0.2, -0.15) is 0 Å². The van der Waals surface area contributed by atoms with E-state index in [0.29, 0.717) is 47.6 Å². The van der Waals surface area contributed by atoms with Gasteiger partial charge in [-0.3, -0.25) is 9.52 Å². The molecule has 3 aromatic carbocycles. The number of fused-ring (bicyclic) bond motifs is 2. The summed E-state index contributed by atoms with van der Waals surface area (Å²) in [7, 11) is -3.68. The number of nitrogens with one attached hydrogen (secondary N) is 2. The first-order valence-corrected chi connectivity index (χ1v) is 17.6. The van der Waals surface area contributed by atoms with Crippen LogP contribution in [0.1, 0.15) is 54.0 Å². The molecule has 0 atom stereocenters. The second kappa shape index (κ2) is 13.6. The third kappa shape index (κ3) is 7.25. The number of hydrogen-bond donors (Lipinski definition) is 3. The van der Waals surface area contributed by atoms with Gasteiger partial charge < -0.3 is 20.5 Å². The predicted molar refractivity (Wildman–Crippen MR) is 185 cm³/mol. The number of nitrogens with two attached hydrogens (primary N) is 1. The summed E-state index contributed by atoms with van der Waals surface area (Å²) >= 11 is 0. The molecule has 0 saturated carbocycles. The maximum Gasteiger partial charge on any atom is 0.268 e. The number of likely N-dealkylation sites (tertiary alicyclic amines) is 1. The van der Waals surface area contributed by atoms with Crippen LogP contribution in [0.4, 0.5) is 5.69 Å². The third-order valence-corrected chi connectivity index (χ3v) is 10.2. The summed E-state index contributed by atoms with van der Waals surface area (Å²) in [6.45, 7) is 7.75. The molecule has 6 rings (SSSR count). The quantitative estimate of drug-likeness (QED) is 0.176. The Morgan fingerprint density at radius 3 is 2.43 bits per heavy atom. The zero-order valence-electron chi connectivity index (χ0n) is 26.4. The zero-order valence-corrected chi connectivity index (χ0v) is 27.3. The summed E-state index contributed by atoms with van der Waals surface area (Å²) in [6, 6.07) is 26.9.